The number of hydrogen-bond donors (Lipinski definition) is 2. The Morgan fingerprint density at radius 3 is 2.73 bits per heavy atom. The third kappa shape index (κ3) is 3.78. The Bertz CT molecular complexity index is 643. The normalized spacial score (nSPS) is 17.5. The fraction of sp³-hybridized carbons (Fsp3) is 0.533. The third-order valence-corrected chi connectivity index (χ3v) is 4.90. The molecule has 2 rings (SSSR count). The second-order valence-electron chi connectivity index (χ2n) is 5.29. The number of anilines is 1. The highest BCUT2D eigenvalue weighted by Gasteiger charge is 2.28. The monoisotopic (exact) mass is 326 g/mol. The van der Waals surface area contributed by atoms with E-state index in [2.05, 4.69) is 17.0 Å². The Kier molecular flexibility index (Phi) is 5.42. The lowest BCUT2D eigenvalue weighted by molar-refractivity contribution is -0.123. The molecule has 22 heavy (non-hydrogen) atoms. The average Bonchev–Trinajstić information content (AvgIpc) is 2.50. The first kappa shape index (κ1) is 16.8. The Hall–Kier alpha value is -1.60. The van der Waals surface area contributed by atoms with Gasteiger partial charge in [0.2, 0.25) is 10.0 Å². The van der Waals surface area contributed by atoms with Crippen molar-refractivity contribution in [3.05, 3.63) is 18.2 Å². The van der Waals surface area contributed by atoms with Gasteiger partial charge in [-0.3, -0.25) is 4.79 Å². The number of unbranched alkanes of at least 4 members (excludes halogenated alkanes) is 1. The Morgan fingerprint density at radius 2 is 2.05 bits per heavy atom. The SMILES string of the molecule is CCCC[C@H]1Oc2ccc(S(=O)(=O)NCCC)cc2NC1=O. The first-order chi connectivity index (χ1) is 10.5. The lowest BCUT2D eigenvalue weighted by Crippen LogP contribution is -2.37. The van der Waals surface area contributed by atoms with E-state index in [1.807, 2.05) is 6.92 Å². The van der Waals surface area contributed by atoms with Gasteiger partial charge in [-0.1, -0.05) is 20.3 Å². The van der Waals surface area contributed by atoms with Crippen LogP contribution in [0.3, 0.4) is 0 Å². The van der Waals surface area contributed by atoms with Gasteiger partial charge in [0.15, 0.2) is 6.10 Å². The molecular formula is C15H22N2O4S. The summed E-state index contributed by atoms with van der Waals surface area (Å²) in [6.07, 6.45) is 2.75. The van der Waals surface area contributed by atoms with Gasteiger partial charge < -0.3 is 10.1 Å². The second kappa shape index (κ2) is 7.11. The quantitative estimate of drug-likeness (QED) is 0.805. The van der Waals surface area contributed by atoms with Crippen molar-refractivity contribution in [2.45, 2.75) is 50.5 Å². The highest BCUT2D eigenvalue weighted by atomic mass is 32.2. The minimum Gasteiger partial charge on any atom is -0.478 e. The van der Waals surface area contributed by atoms with Crippen molar-refractivity contribution in [3.63, 3.8) is 0 Å². The number of ether oxygens (including phenoxy) is 1. The molecule has 1 heterocycles. The van der Waals surface area contributed by atoms with Crippen LogP contribution in [-0.4, -0.2) is 27.0 Å². The number of benzene rings is 1. The average molecular weight is 326 g/mol. The van der Waals surface area contributed by atoms with E-state index in [1.165, 1.54) is 12.1 Å². The maximum atomic E-state index is 12.1. The molecule has 1 amide bonds. The van der Waals surface area contributed by atoms with E-state index in [1.54, 1.807) is 6.07 Å². The van der Waals surface area contributed by atoms with E-state index in [-0.39, 0.29) is 10.8 Å². The Morgan fingerprint density at radius 1 is 1.27 bits per heavy atom. The molecule has 0 spiro atoms. The smallest absolute Gasteiger partial charge is 0.265 e. The van der Waals surface area contributed by atoms with Crippen LogP contribution in [0, 0.1) is 0 Å². The van der Waals surface area contributed by atoms with Gasteiger partial charge in [-0.05, 0) is 37.5 Å². The van der Waals surface area contributed by atoms with Gasteiger partial charge in [0.1, 0.15) is 5.75 Å². The summed E-state index contributed by atoms with van der Waals surface area (Å²) in [7, 11) is -3.56. The fourth-order valence-corrected chi connectivity index (χ4v) is 3.36. The molecular weight excluding hydrogens is 304 g/mol. The number of nitrogens with one attached hydrogen (secondary N) is 2. The van der Waals surface area contributed by atoms with Gasteiger partial charge in [0.05, 0.1) is 10.6 Å². The van der Waals surface area contributed by atoms with Crippen molar-refractivity contribution in [1.82, 2.24) is 4.72 Å². The largest absolute Gasteiger partial charge is 0.478 e. The zero-order valence-electron chi connectivity index (χ0n) is 12.9. The molecule has 0 radical (unpaired) electrons. The summed E-state index contributed by atoms with van der Waals surface area (Å²) in [6, 6.07) is 4.51. The van der Waals surface area contributed by atoms with Crippen LogP contribution in [0.4, 0.5) is 5.69 Å². The molecule has 0 saturated carbocycles. The fourth-order valence-electron chi connectivity index (χ4n) is 2.20. The molecule has 2 N–H and O–H groups in total. The molecule has 0 fully saturated rings. The van der Waals surface area contributed by atoms with E-state index in [0.29, 0.717) is 30.8 Å². The number of carbonyl (C=O) groups excluding carboxylic acids is 1. The zero-order valence-corrected chi connectivity index (χ0v) is 13.7. The highest BCUT2D eigenvalue weighted by Crippen LogP contribution is 2.32. The van der Waals surface area contributed by atoms with E-state index in [9.17, 15) is 13.2 Å². The number of rotatable bonds is 7. The lowest BCUT2D eigenvalue weighted by atomic mass is 10.1. The third-order valence-electron chi connectivity index (χ3n) is 3.44. The van der Waals surface area contributed by atoms with E-state index in [4.69, 9.17) is 4.74 Å². The number of carbonyl (C=O) groups is 1. The second-order valence-corrected chi connectivity index (χ2v) is 7.06. The van der Waals surface area contributed by atoms with Gasteiger partial charge in [0.25, 0.3) is 5.91 Å². The highest BCUT2D eigenvalue weighted by molar-refractivity contribution is 7.89. The molecule has 1 aliphatic heterocycles. The molecule has 1 atom stereocenters. The van der Waals surface area contributed by atoms with Crippen molar-refractivity contribution in [3.8, 4) is 5.75 Å². The Balaban J connectivity index is 2.20. The summed E-state index contributed by atoms with van der Waals surface area (Å²) in [5.74, 6) is 0.284. The van der Waals surface area contributed by atoms with Crippen molar-refractivity contribution in [2.24, 2.45) is 0 Å². The molecule has 0 bridgehead atoms. The predicted octanol–water partition coefficient (Wildman–Crippen LogP) is 2.26. The molecule has 1 aliphatic rings. The van der Waals surface area contributed by atoms with Gasteiger partial charge in [0, 0.05) is 6.54 Å². The summed E-state index contributed by atoms with van der Waals surface area (Å²) in [5.41, 5.74) is 0.400. The van der Waals surface area contributed by atoms with Crippen LogP contribution in [0.25, 0.3) is 0 Å². The van der Waals surface area contributed by atoms with Gasteiger partial charge in [-0.25, -0.2) is 13.1 Å². The standard InChI is InChI=1S/C15H22N2O4S/c1-3-5-6-14-15(18)17-12-10-11(7-8-13(12)21-14)22(19,20)16-9-4-2/h7-8,10,14,16H,3-6,9H2,1-2H3,(H,17,18)/t14-/m1/s1. The minimum absolute atomic E-state index is 0.121. The van der Waals surface area contributed by atoms with Crippen LogP contribution >= 0.6 is 0 Å². The maximum absolute atomic E-state index is 12.1. The van der Waals surface area contributed by atoms with Crippen LogP contribution in [0.15, 0.2) is 23.1 Å². The summed E-state index contributed by atoms with van der Waals surface area (Å²) < 4.78 is 32.4. The van der Waals surface area contributed by atoms with E-state index in [0.717, 1.165) is 12.8 Å². The van der Waals surface area contributed by atoms with Crippen LogP contribution in [-0.2, 0) is 14.8 Å². The topological polar surface area (TPSA) is 84.5 Å². The molecule has 7 heteroatoms. The molecule has 0 unspecified atom stereocenters. The van der Waals surface area contributed by atoms with Crippen LogP contribution in [0.2, 0.25) is 0 Å². The van der Waals surface area contributed by atoms with E-state index >= 15 is 0 Å². The Labute approximate surface area is 131 Å². The van der Waals surface area contributed by atoms with Gasteiger partial charge >= 0.3 is 0 Å². The number of fused-ring (bicyclic) bond motifs is 1. The molecule has 0 aromatic heterocycles. The summed E-state index contributed by atoms with van der Waals surface area (Å²) in [5, 5.41) is 2.73. The summed E-state index contributed by atoms with van der Waals surface area (Å²) >= 11 is 0. The maximum Gasteiger partial charge on any atom is 0.265 e. The number of sulfonamides is 1. The zero-order chi connectivity index (χ0) is 16.2. The van der Waals surface area contributed by atoms with Crippen LogP contribution in [0.1, 0.15) is 39.5 Å². The van der Waals surface area contributed by atoms with Crippen molar-refractivity contribution >= 4 is 21.6 Å². The van der Waals surface area contributed by atoms with Gasteiger partial charge in [-0.2, -0.15) is 0 Å². The van der Waals surface area contributed by atoms with Crippen LogP contribution < -0.4 is 14.8 Å². The molecule has 1 aromatic carbocycles. The minimum atomic E-state index is -3.56. The van der Waals surface area contributed by atoms with Crippen LogP contribution in [0.5, 0.6) is 5.75 Å². The van der Waals surface area contributed by atoms with Crippen molar-refractivity contribution in [2.75, 3.05) is 11.9 Å². The van der Waals surface area contributed by atoms with E-state index < -0.39 is 16.1 Å². The predicted molar refractivity (Wildman–Crippen MR) is 84.5 cm³/mol. The van der Waals surface area contributed by atoms with Gasteiger partial charge in [-0.15, -0.1) is 0 Å². The number of hydrogen-bond acceptors (Lipinski definition) is 4. The summed E-state index contributed by atoms with van der Waals surface area (Å²) in [4.78, 5) is 12.1. The molecule has 1 aromatic rings. The molecule has 6 nitrogen and oxygen atoms in total. The van der Waals surface area contributed by atoms with Crippen molar-refractivity contribution in [1.29, 1.82) is 0 Å². The molecule has 0 aliphatic carbocycles. The molecule has 122 valence electrons. The first-order valence-corrected chi connectivity index (χ1v) is 9.07. The number of amides is 1. The van der Waals surface area contributed by atoms with Crippen molar-refractivity contribution < 1.29 is 17.9 Å². The lowest BCUT2D eigenvalue weighted by Gasteiger charge is -2.26. The first-order valence-electron chi connectivity index (χ1n) is 7.59. The molecule has 0 saturated heterocycles. The summed E-state index contributed by atoms with van der Waals surface area (Å²) in [6.45, 7) is 4.32.